The van der Waals surface area contributed by atoms with E-state index in [1.165, 1.54) is 25.4 Å². The maximum Gasteiger partial charge on any atom is 0.194 e. The number of aryl methyl sites for hydroxylation is 1. The number of ketones is 1. The Bertz CT molecular complexity index is 532. The van der Waals surface area contributed by atoms with Crippen molar-refractivity contribution in [1.29, 1.82) is 0 Å². The number of methoxy groups -OCH3 is 1. The molecule has 0 unspecified atom stereocenters. The summed E-state index contributed by atoms with van der Waals surface area (Å²) >= 11 is 0. The summed E-state index contributed by atoms with van der Waals surface area (Å²) in [6.07, 6.45) is 3.63. The van der Waals surface area contributed by atoms with Gasteiger partial charge in [-0.2, -0.15) is 0 Å². The topological polar surface area (TPSA) is 38.7 Å². The van der Waals surface area contributed by atoms with Gasteiger partial charge in [-0.15, -0.1) is 0 Å². The summed E-state index contributed by atoms with van der Waals surface area (Å²) in [7, 11) is 1.47. The monoisotopic (exact) mass is 233 g/mol. The number of hydrogen-bond donors (Lipinski definition) is 0. The Morgan fingerprint density at radius 3 is 2.82 bits per heavy atom. The standard InChI is InChI=1S/C13H12FNO2/c1-8-5-10(14)6-11(13(8)17-2)12(16)9-3-4-15-7-9/h4-7H,3H2,1-2H3. The highest BCUT2D eigenvalue weighted by atomic mass is 19.1. The molecule has 2 rings (SSSR count). The number of allylic oxidation sites excluding steroid dienone is 1. The SMILES string of the molecule is COc1c(C)cc(F)cc1C(=O)C1=CN=CC1. The van der Waals surface area contributed by atoms with Crippen molar-refractivity contribution in [2.45, 2.75) is 13.3 Å². The molecule has 1 aliphatic rings. The fourth-order valence-electron chi connectivity index (χ4n) is 1.84. The van der Waals surface area contributed by atoms with Crippen LogP contribution in [0.4, 0.5) is 4.39 Å². The second kappa shape index (κ2) is 4.49. The number of rotatable bonds is 3. The molecule has 0 aliphatic carbocycles. The molecule has 1 aromatic carbocycles. The van der Waals surface area contributed by atoms with Gasteiger partial charge >= 0.3 is 0 Å². The van der Waals surface area contributed by atoms with Crippen LogP contribution in [0, 0.1) is 12.7 Å². The highest BCUT2D eigenvalue weighted by Crippen LogP contribution is 2.28. The molecule has 0 fully saturated rings. The highest BCUT2D eigenvalue weighted by molar-refractivity contribution is 6.12. The first-order chi connectivity index (χ1) is 8.13. The van der Waals surface area contributed by atoms with Crippen LogP contribution in [0.3, 0.4) is 0 Å². The normalized spacial score (nSPS) is 13.7. The van der Waals surface area contributed by atoms with E-state index in [-0.39, 0.29) is 11.3 Å². The summed E-state index contributed by atoms with van der Waals surface area (Å²) in [5.41, 5.74) is 1.41. The Kier molecular flexibility index (Phi) is 3.04. The smallest absolute Gasteiger partial charge is 0.194 e. The molecule has 0 spiro atoms. The van der Waals surface area contributed by atoms with E-state index in [1.807, 2.05) is 0 Å². The van der Waals surface area contributed by atoms with Crippen LogP contribution in [0.15, 0.2) is 28.9 Å². The van der Waals surface area contributed by atoms with Gasteiger partial charge in [-0.05, 0) is 24.6 Å². The summed E-state index contributed by atoms with van der Waals surface area (Å²) in [5.74, 6) is -0.252. The molecular formula is C13H12FNO2. The minimum Gasteiger partial charge on any atom is -0.496 e. The van der Waals surface area contributed by atoms with Crippen molar-refractivity contribution in [3.05, 3.63) is 40.8 Å². The minimum absolute atomic E-state index is 0.234. The number of hydrogen-bond acceptors (Lipinski definition) is 3. The van der Waals surface area contributed by atoms with Gasteiger partial charge in [-0.3, -0.25) is 9.79 Å². The fourth-order valence-corrected chi connectivity index (χ4v) is 1.84. The molecule has 0 aromatic heterocycles. The van der Waals surface area contributed by atoms with Crippen molar-refractivity contribution in [2.24, 2.45) is 4.99 Å². The third-order valence-corrected chi connectivity index (χ3v) is 2.63. The lowest BCUT2D eigenvalue weighted by Crippen LogP contribution is -2.06. The lowest BCUT2D eigenvalue weighted by Gasteiger charge is -2.11. The van der Waals surface area contributed by atoms with Crippen LogP contribution in [0.1, 0.15) is 22.3 Å². The lowest BCUT2D eigenvalue weighted by molar-refractivity contribution is 0.103. The van der Waals surface area contributed by atoms with Gasteiger partial charge in [0.15, 0.2) is 5.78 Å². The largest absolute Gasteiger partial charge is 0.496 e. The molecule has 1 heterocycles. The molecule has 1 aliphatic heterocycles. The van der Waals surface area contributed by atoms with E-state index in [0.717, 1.165) is 0 Å². The fraction of sp³-hybridized carbons (Fsp3) is 0.231. The van der Waals surface area contributed by atoms with Crippen LogP contribution in [0.2, 0.25) is 0 Å². The second-order valence-corrected chi connectivity index (χ2v) is 3.82. The molecular weight excluding hydrogens is 221 g/mol. The van der Waals surface area contributed by atoms with Crippen LogP contribution in [-0.4, -0.2) is 19.1 Å². The molecule has 0 N–H and O–H groups in total. The van der Waals surface area contributed by atoms with Gasteiger partial charge in [0, 0.05) is 24.4 Å². The first-order valence-electron chi connectivity index (χ1n) is 5.23. The molecule has 17 heavy (non-hydrogen) atoms. The third kappa shape index (κ3) is 2.11. The molecule has 3 nitrogen and oxygen atoms in total. The van der Waals surface area contributed by atoms with Gasteiger partial charge < -0.3 is 4.74 Å². The van der Waals surface area contributed by atoms with Gasteiger partial charge in [-0.1, -0.05) is 0 Å². The molecule has 0 saturated carbocycles. The number of ether oxygens (including phenoxy) is 1. The zero-order chi connectivity index (χ0) is 12.4. The predicted octanol–water partition coefficient (Wildman–Crippen LogP) is 2.68. The van der Waals surface area contributed by atoms with Crippen LogP contribution < -0.4 is 4.74 Å². The Morgan fingerprint density at radius 1 is 1.47 bits per heavy atom. The number of nitrogens with zero attached hydrogens (tertiary/aromatic N) is 1. The van der Waals surface area contributed by atoms with Gasteiger partial charge in [0.2, 0.25) is 0 Å². The van der Waals surface area contributed by atoms with E-state index in [2.05, 4.69) is 4.99 Å². The molecule has 0 bridgehead atoms. The Balaban J connectivity index is 2.47. The van der Waals surface area contributed by atoms with E-state index in [0.29, 0.717) is 23.3 Å². The van der Waals surface area contributed by atoms with E-state index in [4.69, 9.17) is 4.74 Å². The molecule has 0 radical (unpaired) electrons. The van der Waals surface area contributed by atoms with Gasteiger partial charge in [0.25, 0.3) is 0 Å². The van der Waals surface area contributed by atoms with Gasteiger partial charge in [-0.25, -0.2) is 4.39 Å². The van der Waals surface area contributed by atoms with Gasteiger partial charge in [0.1, 0.15) is 11.6 Å². The predicted molar refractivity (Wildman–Crippen MR) is 63.2 cm³/mol. The van der Waals surface area contributed by atoms with Crippen molar-refractivity contribution in [1.82, 2.24) is 0 Å². The Morgan fingerprint density at radius 2 is 2.24 bits per heavy atom. The zero-order valence-electron chi connectivity index (χ0n) is 9.66. The number of halogens is 1. The molecule has 0 saturated heterocycles. The maximum absolute atomic E-state index is 13.3. The molecule has 1 aromatic rings. The molecule has 0 atom stereocenters. The number of carbonyl (C=O) groups excluding carboxylic acids is 1. The minimum atomic E-state index is -0.439. The zero-order valence-corrected chi connectivity index (χ0v) is 9.66. The first-order valence-corrected chi connectivity index (χ1v) is 5.23. The number of aliphatic imine (C=N–C) groups is 1. The molecule has 0 amide bonds. The van der Waals surface area contributed by atoms with E-state index in [9.17, 15) is 9.18 Å². The van der Waals surface area contributed by atoms with Crippen LogP contribution in [0.5, 0.6) is 5.75 Å². The van der Waals surface area contributed by atoms with Crippen LogP contribution >= 0.6 is 0 Å². The van der Waals surface area contributed by atoms with Crippen molar-refractivity contribution in [3.63, 3.8) is 0 Å². The van der Waals surface area contributed by atoms with Crippen molar-refractivity contribution in [2.75, 3.05) is 7.11 Å². The maximum atomic E-state index is 13.3. The van der Waals surface area contributed by atoms with Crippen molar-refractivity contribution < 1.29 is 13.9 Å². The second-order valence-electron chi connectivity index (χ2n) is 3.82. The average molecular weight is 233 g/mol. The van der Waals surface area contributed by atoms with Crippen molar-refractivity contribution >= 4 is 12.0 Å². The van der Waals surface area contributed by atoms with Gasteiger partial charge in [0.05, 0.1) is 12.7 Å². The molecule has 4 heteroatoms. The first kappa shape index (κ1) is 11.5. The highest BCUT2D eigenvalue weighted by Gasteiger charge is 2.20. The third-order valence-electron chi connectivity index (χ3n) is 2.63. The van der Waals surface area contributed by atoms with E-state index < -0.39 is 5.82 Å². The Labute approximate surface area is 98.6 Å². The summed E-state index contributed by atoms with van der Waals surface area (Å²) in [6.45, 7) is 1.71. The van der Waals surface area contributed by atoms with Crippen LogP contribution in [-0.2, 0) is 0 Å². The summed E-state index contributed by atoms with van der Waals surface area (Å²) < 4.78 is 18.5. The molecule has 88 valence electrons. The summed E-state index contributed by atoms with van der Waals surface area (Å²) in [5, 5.41) is 0. The number of carbonyl (C=O) groups is 1. The van der Waals surface area contributed by atoms with E-state index >= 15 is 0 Å². The number of Topliss-reactive ketones (excluding diaryl/α,β-unsaturated/α-hetero) is 1. The van der Waals surface area contributed by atoms with E-state index in [1.54, 1.807) is 13.1 Å². The lowest BCUT2D eigenvalue weighted by atomic mass is 9.99. The number of benzene rings is 1. The quantitative estimate of drug-likeness (QED) is 0.753. The van der Waals surface area contributed by atoms with Crippen molar-refractivity contribution in [3.8, 4) is 5.75 Å². The summed E-state index contributed by atoms with van der Waals surface area (Å²) in [6, 6.07) is 2.54. The van der Waals surface area contributed by atoms with Crippen LogP contribution in [0.25, 0.3) is 0 Å². The summed E-state index contributed by atoms with van der Waals surface area (Å²) in [4.78, 5) is 16.0. The average Bonchev–Trinajstić information content (AvgIpc) is 2.80. The Hall–Kier alpha value is -1.97.